The standard InChI is InChI=1S/C29H52N4O2/c30-28(24-17-9-3-10-18-24,26(32-34)22-13-5-1-6-14-22)21-29(31,25-19-11-4-12-20-25)27(33-35)23-15-7-2-8-16-23/h22-25,34-35H,1-21,30-31H2. The fraction of sp³-hybridized carbons (Fsp3) is 0.931. The molecule has 0 amide bonds. The maximum absolute atomic E-state index is 10.5. The van der Waals surface area contributed by atoms with Crippen molar-refractivity contribution < 1.29 is 10.4 Å². The zero-order valence-electron chi connectivity index (χ0n) is 22.1. The van der Waals surface area contributed by atoms with Gasteiger partial charge < -0.3 is 21.9 Å². The zero-order valence-corrected chi connectivity index (χ0v) is 22.1. The Morgan fingerprint density at radius 2 is 0.800 bits per heavy atom. The van der Waals surface area contributed by atoms with Crippen molar-refractivity contribution in [3.05, 3.63) is 0 Å². The van der Waals surface area contributed by atoms with Crippen LogP contribution in [0.15, 0.2) is 10.3 Å². The van der Waals surface area contributed by atoms with Crippen molar-refractivity contribution in [2.24, 2.45) is 45.5 Å². The molecule has 200 valence electrons. The van der Waals surface area contributed by atoms with Crippen molar-refractivity contribution in [1.29, 1.82) is 0 Å². The van der Waals surface area contributed by atoms with Gasteiger partial charge in [-0.2, -0.15) is 0 Å². The Morgan fingerprint density at radius 1 is 0.514 bits per heavy atom. The normalized spacial score (nSPS) is 29.0. The molecule has 35 heavy (non-hydrogen) atoms. The summed E-state index contributed by atoms with van der Waals surface area (Å²) in [6, 6.07) is 0. The monoisotopic (exact) mass is 488 g/mol. The Balaban J connectivity index is 1.74. The lowest BCUT2D eigenvalue weighted by atomic mass is 9.58. The molecule has 0 saturated heterocycles. The Hall–Kier alpha value is -1.14. The predicted octanol–water partition coefficient (Wildman–Crippen LogP) is 6.75. The zero-order chi connectivity index (χ0) is 24.7. The van der Waals surface area contributed by atoms with Crippen LogP contribution in [0.4, 0.5) is 0 Å². The Labute approximate surface area is 213 Å². The molecular weight excluding hydrogens is 436 g/mol. The van der Waals surface area contributed by atoms with Gasteiger partial charge >= 0.3 is 0 Å². The summed E-state index contributed by atoms with van der Waals surface area (Å²) in [7, 11) is 0. The quantitative estimate of drug-likeness (QED) is 0.172. The average Bonchev–Trinajstić information content (AvgIpc) is 2.92. The number of hydrogen-bond donors (Lipinski definition) is 4. The van der Waals surface area contributed by atoms with Crippen molar-refractivity contribution in [3.63, 3.8) is 0 Å². The van der Waals surface area contributed by atoms with E-state index < -0.39 is 11.1 Å². The van der Waals surface area contributed by atoms with E-state index in [0.29, 0.717) is 6.42 Å². The van der Waals surface area contributed by atoms with E-state index >= 15 is 0 Å². The van der Waals surface area contributed by atoms with Crippen molar-refractivity contribution in [3.8, 4) is 0 Å². The first-order valence-corrected chi connectivity index (χ1v) is 15.1. The molecule has 4 aliphatic carbocycles. The van der Waals surface area contributed by atoms with Gasteiger partial charge in [-0.3, -0.25) is 0 Å². The van der Waals surface area contributed by atoms with Gasteiger partial charge in [-0.15, -0.1) is 0 Å². The molecule has 4 fully saturated rings. The summed E-state index contributed by atoms with van der Waals surface area (Å²) in [4.78, 5) is 0. The van der Waals surface area contributed by atoms with Gasteiger partial charge in [0.2, 0.25) is 0 Å². The van der Waals surface area contributed by atoms with Crippen LogP contribution in [0.2, 0.25) is 0 Å². The van der Waals surface area contributed by atoms with E-state index in [-0.39, 0.29) is 23.7 Å². The van der Waals surface area contributed by atoms with Gasteiger partial charge in [0.1, 0.15) is 0 Å². The molecule has 4 aliphatic rings. The van der Waals surface area contributed by atoms with Crippen molar-refractivity contribution in [2.45, 2.75) is 146 Å². The van der Waals surface area contributed by atoms with Crippen LogP contribution in [0.5, 0.6) is 0 Å². The van der Waals surface area contributed by atoms with E-state index in [1.807, 2.05) is 0 Å². The summed E-state index contributed by atoms with van der Waals surface area (Å²) in [5.74, 6) is 1.00. The minimum atomic E-state index is -0.756. The third-order valence-electron chi connectivity index (χ3n) is 10.4. The van der Waals surface area contributed by atoms with E-state index in [1.165, 1.54) is 77.0 Å². The van der Waals surface area contributed by atoms with Gasteiger partial charge in [0.15, 0.2) is 0 Å². The molecule has 0 aromatic rings. The molecule has 0 radical (unpaired) electrons. The molecule has 6 nitrogen and oxygen atoms in total. The summed E-state index contributed by atoms with van der Waals surface area (Å²) >= 11 is 0. The average molecular weight is 489 g/mol. The second-order valence-corrected chi connectivity index (χ2v) is 12.6. The molecule has 2 atom stereocenters. The van der Waals surface area contributed by atoms with Gasteiger partial charge in [0.25, 0.3) is 0 Å². The van der Waals surface area contributed by atoms with E-state index in [2.05, 4.69) is 10.3 Å². The number of nitrogens with two attached hydrogens (primary N) is 2. The highest BCUT2D eigenvalue weighted by atomic mass is 16.4. The number of oxime groups is 2. The van der Waals surface area contributed by atoms with Crippen molar-refractivity contribution in [1.82, 2.24) is 0 Å². The Bertz CT molecular complexity index is 656. The molecule has 0 aliphatic heterocycles. The highest BCUT2D eigenvalue weighted by Crippen LogP contribution is 2.46. The van der Waals surface area contributed by atoms with E-state index in [9.17, 15) is 10.4 Å². The molecular formula is C29H52N4O2. The largest absolute Gasteiger partial charge is 0.411 e. The van der Waals surface area contributed by atoms with Gasteiger partial charge in [-0.25, -0.2) is 0 Å². The summed E-state index contributed by atoms with van der Waals surface area (Å²) < 4.78 is 0. The van der Waals surface area contributed by atoms with Crippen molar-refractivity contribution >= 4 is 11.4 Å². The number of hydrogen-bond acceptors (Lipinski definition) is 6. The SMILES string of the molecule is NC(CC(N)(C(=NO)C1CCCCC1)C1CCCCC1)(C(=NO)C1CCCCC1)C1CCCCC1. The summed E-state index contributed by atoms with van der Waals surface area (Å²) in [5.41, 5.74) is 15.2. The number of rotatable bonds is 8. The first-order chi connectivity index (χ1) is 17.0. The second kappa shape index (κ2) is 12.4. The van der Waals surface area contributed by atoms with Crippen LogP contribution in [-0.2, 0) is 0 Å². The van der Waals surface area contributed by atoms with Gasteiger partial charge in [-0.1, -0.05) is 87.4 Å². The minimum Gasteiger partial charge on any atom is -0.411 e. The van der Waals surface area contributed by atoms with Crippen LogP contribution in [0.25, 0.3) is 0 Å². The van der Waals surface area contributed by atoms with Crippen LogP contribution in [-0.4, -0.2) is 32.9 Å². The Kier molecular flexibility index (Phi) is 9.54. The molecule has 4 saturated carbocycles. The molecule has 0 bridgehead atoms. The second-order valence-electron chi connectivity index (χ2n) is 12.6. The molecule has 4 rings (SSSR count). The molecule has 0 spiro atoms. The fourth-order valence-corrected chi connectivity index (χ4v) is 8.47. The van der Waals surface area contributed by atoms with E-state index in [4.69, 9.17) is 11.5 Å². The van der Waals surface area contributed by atoms with E-state index in [1.54, 1.807) is 0 Å². The lowest BCUT2D eigenvalue weighted by Crippen LogP contribution is -2.67. The topological polar surface area (TPSA) is 117 Å². The third kappa shape index (κ3) is 5.89. The van der Waals surface area contributed by atoms with E-state index in [0.717, 1.165) is 62.8 Å². The fourth-order valence-electron chi connectivity index (χ4n) is 8.47. The first-order valence-electron chi connectivity index (χ1n) is 15.1. The third-order valence-corrected chi connectivity index (χ3v) is 10.4. The maximum Gasteiger partial charge on any atom is 0.0803 e. The van der Waals surface area contributed by atoms with Crippen LogP contribution in [0, 0.1) is 23.7 Å². The van der Waals surface area contributed by atoms with Crippen LogP contribution >= 0.6 is 0 Å². The molecule has 0 heterocycles. The molecule has 6 N–H and O–H groups in total. The lowest BCUT2D eigenvalue weighted by Gasteiger charge is -2.51. The maximum atomic E-state index is 10.5. The van der Waals surface area contributed by atoms with Crippen LogP contribution in [0.3, 0.4) is 0 Å². The molecule has 0 aromatic carbocycles. The summed E-state index contributed by atoms with van der Waals surface area (Å²) in [5, 5.41) is 29.0. The lowest BCUT2D eigenvalue weighted by molar-refractivity contribution is 0.163. The number of nitrogens with zero attached hydrogens (tertiary/aromatic N) is 2. The van der Waals surface area contributed by atoms with Gasteiger partial charge in [0, 0.05) is 11.8 Å². The first kappa shape index (κ1) is 26.9. The predicted molar refractivity (Wildman–Crippen MR) is 143 cm³/mol. The minimum absolute atomic E-state index is 0.237. The highest BCUT2D eigenvalue weighted by molar-refractivity contribution is 5.99. The van der Waals surface area contributed by atoms with Gasteiger partial charge in [0.05, 0.1) is 22.5 Å². The molecule has 2 unspecified atom stereocenters. The smallest absolute Gasteiger partial charge is 0.0803 e. The van der Waals surface area contributed by atoms with Gasteiger partial charge in [-0.05, 0) is 69.6 Å². The highest BCUT2D eigenvalue weighted by Gasteiger charge is 2.53. The van der Waals surface area contributed by atoms with Crippen molar-refractivity contribution in [2.75, 3.05) is 0 Å². The van der Waals surface area contributed by atoms with Crippen LogP contribution < -0.4 is 11.5 Å². The Morgan fingerprint density at radius 3 is 1.09 bits per heavy atom. The summed E-state index contributed by atoms with van der Waals surface area (Å²) in [6.07, 6.45) is 23.4. The molecule has 0 aromatic heterocycles. The van der Waals surface area contributed by atoms with Crippen LogP contribution in [0.1, 0.15) is 135 Å². The molecule has 6 heteroatoms. The summed E-state index contributed by atoms with van der Waals surface area (Å²) in [6.45, 7) is 0.